The van der Waals surface area contributed by atoms with Gasteiger partial charge in [-0.2, -0.15) is 0 Å². The van der Waals surface area contributed by atoms with Gasteiger partial charge in [-0.25, -0.2) is 9.59 Å². The van der Waals surface area contributed by atoms with Crippen LogP contribution in [0.15, 0.2) is 72.8 Å². The van der Waals surface area contributed by atoms with Crippen LogP contribution in [0, 0.1) is 0 Å². The Morgan fingerprint density at radius 1 is 0.879 bits per heavy atom. The number of rotatable bonds is 6. The second kappa shape index (κ2) is 8.78. The van der Waals surface area contributed by atoms with Crippen LogP contribution in [0.5, 0.6) is 0 Å². The maximum absolute atomic E-state index is 12.8. The van der Waals surface area contributed by atoms with E-state index in [1.165, 1.54) is 26.0 Å². The average Bonchev–Trinajstić information content (AvgIpc) is 3.11. The van der Waals surface area contributed by atoms with E-state index in [1.807, 2.05) is 36.4 Å². The van der Waals surface area contributed by atoms with E-state index < -0.39 is 23.5 Å². The Labute approximate surface area is 191 Å². The Morgan fingerprint density at radius 2 is 1.42 bits per heavy atom. The minimum absolute atomic E-state index is 0.0391. The van der Waals surface area contributed by atoms with Crippen molar-refractivity contribution in [3.8, 4) is 11.1 Å². The van der Waals surface area contributed by atoms with Gasteiger partial charge in [-0.05, 0) is 48.2 Å². The number of ether oxygens (including phenoxy) is 1. The van der Waals surface area contributed by atoms with Crippen molar-refractivity contribution in [2.24, 2.45) is 0 Å². The van der Waals surface area contributed by atoms with Crippen molar-refractivity contribution in [3.63, 3.8) is 0 Å². The fourth-order valence-electron chi connectivity index (χ4n) is 4.00. The topological polar surface area (TPSA) is 105 Å². The molecule has 33 heavy (non-hydrogen) atoms. The van der Waals surface area contributed by atoms with Crippen LogP contribution in [0.3, 0.4) is 0 Å². The molecule has 0 aromatic heterocycles. The van der Waals surface area contributed by atoms with E-state index in [0.717, 1.165) is 22.3 Å². The van der Waals surface area contributed by atoms with Gasteiger partial charge in [0, 0.05) is 5.92 Å². The summed E-state index contributed by atoms with van der Waals surface area (Å²) in [7, 11) is 0. The van der Waals surface area contributed by atoms with Crippen LogP contribution < -0.4 is 10.6 Å². The molecule has 1 aliphatic rings. The quantitative estimate of drug-likeness (QED) is 0.514. The molecular weight excluding hydrogens is 420 g/mol. The number of para-hydroxylation sites is 1. The minimum Gasteiger partial charge on any atom is -0.478 e. The molecule has 0 saturated heterocycles. The van der Waals surface area contributed by atoms with Crippen molar-refractivity contribution in [1.82, 2.24) is 5.32 Å². The van der Waals surface area contributed by atoms with Gasteiger partial charge in [0.05, 0.1) is 11.3 Å². The molecule has 168 valence electrons. The number of nitrogens with one attached hydrogen (secondary N) is 2. The minimum atomic E-state index is -1.34. The van der Waals surface area contributed by atoms with Crippen molar-refractivity contribution >= 4 is 23.7 Å². The molecule has 0 radical (unpaired) electrons. The molecule has 1 aliphatic carbocycles. The lowest BCUT2D eigenvalue weighted by atomic mass is 9.98. The normalized spacial score (nSPS) is 12.4. The van der Waals surface area contributed by atoms with Crippen LogP contribution in [0.25, 0.3) is 11.1 Å². The Bertz CT molecular complexity index is 1190. The van der Waals surface area contributed by atoms with Crippen LogP contribution in [-0.2, 0) is 9.53 Å². The molecule has 0 saturated carbocycles. The van der Waals surface area contributed by atoms with Crippen LogP contribution in [-0.4, -0.2) is 35.2 Å². The van der Waals surface area contributed by atoms with Crippen molar-refractivity contribution < 1.29 is 24.2 Å². The van der Waals surface area contributed by atoms with Crippen LogP contribution in [0.4, 0.5) is 10.5 Å². The van der Waals surface area contributed by atoms with Crippen molar-refractivity contribution in [2.45, 2.75) is 25.3 Å². The molecule has 0 unspecified atom stereocenters. The number of carbonyl (C=O) groups is 3. The molecule has 2 amide bonds. The van der Waals surface area contributed by atoms with Gasteiger partial charge in [-0.3, -0.25) is 4.79 Å². The fourth-order valence-corrected chi connectivity index (χ4v) is 4.00. The molecule has 3 aromatic carbocycles. The van der Waals surface area contributed by atoms with E-state index in [1.54, 1.807) is 12.1 Å². The zero-order valence-electron chi connectivity index (χ0n) is 18.3. The van der Waals surface area contributed by atoms with Crippen LogP contribution >= 0.6 is 0 Å². The second-order valence-corrected chi connectivity index (χ2v) is 8.38. The molecule has 3 N–H and O–H groups in total. The number of anilines is 1. The fraction of sp³-hybridized carbons (Fsp3) is 0.192. The van der Waals surface area contributed by atoms with Gasteiger partial charge in [0.15, 0.2) is 0 Å². The molecule has 0 heterocycles. The van der Waals surface area contributed by atoms with E-state index in [9.17, 15) is 19.5 Å². The van der Waals surface area contributed by atoms with E-state index in [4.69, 9.17) is 4.74 Å². The number of amides is 2. The third-order valence-electron chi connectivity index (χ3n) is 5.73. The van der Waals surface area contributed by atoms with Crippen molar-refractivity contribution in [3.05, 3.63) is 89.5 Å². The summed E-state index contributed by atoms with van der Waals surface area (Å²) in [4.78, 5) is 36.7. The summed E-state index contributed by atoms with van der Waals surface area (Å²) >= 11 is 0. The SMILES string of the molecule is CC(C)(NC(=O)OCC1c2ccccc2-c2ccccc21)C(=O)Nc1ccccc1C(=O)O. The summed E-state index contributed by atoms with van der Waals surface area (Å²) in [5, 5.41) is 14.4. The molecule has 4 rings (SSSR count). The lowest BCUT2D eigenvalue weighted by Crippen LogP contribution is -2.52. The molecular formula is C26H24N2O5. The van der Waals surface area contributed by atoms with E-state index >= 15 is 0 Å². The van der Waals surface area contributed by atoms with Crippen LogP contribution in [0.2, 0.25) is 0 Å². The summed E-state index contributed by atoms with van der Waals surface area (Å²) < 4.78 is 5.51. The first-order chi connectivity index (χ1) is 15.8. The first-order valence-corrected chi connectivity index (χ1v) is 10.5. The lowest BCUT2D eigenvalue weighted by molar-refractivity contribution is -0.121. The highest BCUT2D eigenvalue weighted by atomic mass is 16.5. The van der Waals surface area contributed by atoms with E-state index in [0.29, 0.717) is 0 Å². The summed E-state index contributed by atoms with van der Waals surface area (Å²) in [6, 6.07) is 22.1. The predicted octanol–water partition coefficient (Wildman–Crippen LogP) is 4.64. The summed E-state index contributed by atoms with van der Waals surface area (Å²) in [5.74, 6) is -1.82. The van der Waals surface area contributed by atoms with Gasteiger partial charge in [0.25, 0.3) is 0 Å². The van der Waals surface area contributed by atoms with Gasteiger partial charge in [-0.15, -0.1) is 0 Å². The Balaban J connectivity index is 1.42. The standard InChI is InChI=1S/C26H24N2O5/c1-26(2,24(31)27-22-14-8-7-13-20(22)23(29)30)28-25(32)33-15-21-18-11-5-3-9-16(18)17-10-4-6-12-19(17)21/h3-14,21H,15H2,1-2H3,(H,27,31)(H,28,32)(H,29,30). The summed E-state index contributed by atoms with van der Waals surface area (Å²) in [6.07, 6.45) is -0.733. The highest BCUT2D eigenvalue weighted by Gasteiger charge is 2.33. The number of carbonyl (C=O) groups excluding carboxylic acids is 2. The molecule has 7 nitrogen and oxygen atoms in total. The zero-order valence-corrected chi connectivity index (χ0v) is 18.3. The lowest BCUT2D eigenvalue weighted by Gasteiger charge is -2.25. The number of fused-ring (bicyclic) bond motifs is 3. The van der Waals surface area contributed by atoms with E-state index in [-0.39, 0.29) is 23.8 Å². The van der Waals surface area contributed by atoms with Gasteiger partial charge >= 0.3 is 12.1 Å². The Hall–Kier alpha value is -4.13. The number of aromatic carboxylic acids is 1. The largest absolute Gasteiger partial charge is 0.478 e. The molecule has 0 aliphatic heterocycles. The van der Waals surface area contributed by atoms with Gasteiger partial charge in [-0.1, -0.05) is 60.7 Å². The maximum Gasteiger partial charge on any atom is 0.408 e. The average molecular weight is 444 g/mol. The number of alkyl carbamates (subject to hydrolysis) is 1. The monoisotopic (exact) mass is 444 g/mol. The van der Waals surface area contributed by atoms with Crippen LogP contribution in [0.1, 0.15) is 41.3 Å². The molecule has 0 atom stereocenters. The third-order valence-corrected chi connectivity index (χ3v) is 5.73. The maximum atomic E-state index is 12.8. The molecule has 0 fully saturated rings. The predicted molar refractivity (Wildman–Crippen MR) is 124 cm³/mol. The summed E-state index contributed by atoms with van der Waals surface area (Å²) in [5.41, 5.74) is 3.20. The Morgan fingerprint density at radius 3 is 2.03 bits per heavy atom. The van der Waals surface area contributed by atoms with Gasteiger partial charge in [0.1, 0.15) is 12.1 Å². The number of hydrogen-bond donors (Lipinski definition) is 3. The molecule has 7 heteroatoms. The first kappa shape index (κ1) is 22.1. The van der Waals surface area contributed by atoms with E-state index in [2.05, 4.69) is 22.8 Å². The number of carboxylic acid groups (broad SMARTS) is 1. The highest BCUT2D eigenvalue weighted by Crippen LogP contribution is 2.44. The van der Waals surface area contributed by atoms with Crippen molar-refractivity contribution in [2.75, 3.05) is 11.9 Å². The smallest absolute Gasteiger partial charge is 0.408 e. The number of hydrogen-bond acceptors (Lipinski definition) is 4. The number of carboxylic acids is 1. The molecule has 3 aromatic rings. The second-order valence-electron chi connectivity index (χ2n) is 8.38. The molecule has 0 bridgehead atoms. The van der Waals surface area contributed by atoms with Gasteiger partial charge in [0.2, 0.25) is 5.91 Å². The third kappa shape index (κ3) is 4.43. The number of benzene rings is 3. The highest BCUT2D eigenvalue weighted by molar-refractivity contribution is 6.04. The zero-order chi connectivity index (χ0) is 23.6. The van der Waals surface area contributed by atoms with Crippen molar-refractivity contribution in [1.29, 1.82) is 0 Å². The molecule has 0 spiro atoms. The first-order valence-electron chi connectivity index (χ1n) is 10.5. The Kier molecular flexibility index (Phi) is 5.87. The van der Waals surface area contributed by atoms with Gasteiger partial charge < -0.3 is 20.5 Å². The summed E-state index contributed by atoms with van der Waals surface area (Å²) in [6.45, 7) is 3.17.